The van der Waals surface area contributed by atoms with E-state index in [0.29, 0.717) is 12.0 Å². The van der Waals surface area contributed by atoms with Crippen molar-refractivity contribution < 1.29 is 19.4 Å². The first-order valence-electron chi connectivity index (χ1n) is 6.51. The summed E-state index contributed by atoms with van der Waals surface area (Å²) in [4.78, 5) is 22.2. The van der Waals surface area contributed by atoms with Crippen LogP contribution < -0.4 is 0 Å². The van der Waals surface area contributed by atoms with E-state index < -0.39 is 5.97 Å². The van der Waals surface area contributed by atoms with Crippen LogP contribution in [0.2, 0.25) is 0 Å². The van der Waals surface area contributed by atoms with Crippen LogP contribution in [0.1, 0.15) is 35.2 Å². The number of methoxy groups -OCH3 is 1. The number of carboxylic acid groups (broad SMARTS) is 1. The zero-order valence-corrected chi connectivity index (χ0v) is 12.2. The van der Waals surface area contributed by atoms with E-state index in [-0.39, 0.29) is 11.4 Å². The predicted octanol–water partition coefficient (Wildman–Crippen LogP) is 2.96. The molecule has 0 aliphatic heterocycles. The van der Waals surface area contributed by atoms with Crippen molar-refractivity contribution in [1.82, 2.24) is 0 Å². The summed E-state index contributed by atoms with van der Waals surface area (Å²) in [6.07, 6.45) is 2.64. The monoisotopic (exact) mass is 294 g/mol. The third kappa shape index (κ3) is 4.00. The molecule has 4 nitrogen and oxygen atoms in total. The molecule has 0 saturated heterocycles. The minimum atomic E-state index is -0.902. The summed E-state index contributed by atoms with van der Waals surface area (Å²) >= 11 is 1.75. The number of carbonyl (C=O) groups excluding carboxylic acids is 1. The van der Waals surface area contributed by atoms with Gasteiger partial charge in [0.25, 0.3) is 0 Å². The number of hydrogen-bond donors (Lipinski definition) is 1. The van der Waals surface area contributed by atoms with Crippen molar-refractivity contribution in [3.63, 3.8) is 0 Å². The Morgan fingerprint density at radius 3 is 2.75 bits per heavy atom. The molecule has 0 heterocycles. The summed E-state index contributed by atoms with van der Waals surface area (Å²) < 4.78 is 4.72. The number of hydrogen-bond acceptors (Lipinski definition) is 4. The molecule has 0 spiro atoms. The maximum atomic E-state index is 11.3. The summed E-state index contributed by atoms with van der Waals surface area (Å²) in [5.41, 5.74) is 1.44. The zero-order valence-electron chi connectivity index (χ0n) is 11.4. The molecule has 2 rings (SSSR count). The van der Waals surface area contributed by atoms with Gasteiger partial charge in [0, 0.05) is 5.75 Å². The van der Waals surface area contributed by atoms with E-state index in [2.05, 4.69) is 0 Å². The van der Waals surface area contributed by atoms with E-state index in [1.54, 1.807) is 30.0 Å². The molecule has 5 heteroatoms. The molecule has 1 aliphatic rings. The molecule has 1 fully saturated rings. The fourth-order valence-corrected chi connectivity index (χ4v) is 3.45. The van der Waals surface area contributed by atoms with Crippen LogP contribution >= 0.6 is 11.8 Å². The van der Waals surface area contributed by atoms with Gasteiger partial charge in [-0.05, 0) is 41.7 Å². The molecule has 108 valence electrons. The first-order chi connectivity index (χ1) is 9.54. The van der Waals surface area contributed by atoms with Gasteiger partial charge in [0.1, 0.15) is 0 Å². The number of ether oxygens (including phenoxy) is 1. The molecule has 0 bridgehead atoms. The van der Waals surface area contributed by atoms with Gasteiger partial charge in [-0.25, -0.2) is 4.79 Å². The summed E-state index contributed by atoms with van der Waals surface area (Å²) in [5.74, 6) is 0.640. The van der Waals surface area contributed by atoms with Crippen LogP contribution in [0.25, 0.3) is 0 Å². The lowest BCUT2D eigenvalue weighted by molar-refractivity contribution is -0.141. The van der Waals surface area contributed by atoms with Crippen LogP contribution in [0.3, 0.4) is 0 Å². The van der Waals surface area contributed by atoms with Gasteiger partial charge in [-0.15, -0.1) is 0 Å². The number of aromatic carboxylic acids is 1. The molecule has 1 aromatic carbocycles. The maximum Gasteiger partial charge on any atom is 0.335 e. The van der Waals surface area contributed by atoms with Crippen LogP contribution in [-0.2, 0) is 15.3 Å². The molecule has 1 aliphatic carbocycles. The van der Waals surface area contributed by atoms with Crippen molar-refractivity contribution in [2.24, 2.45) is 5.41 Å². The minimum absolute atomic E-state index is 0.113. The minimum Gasteiger partial charge on any atom is -0.478 e. The smallest absolute Gasteiger partial charge is 0.335 e. The lowest BCUT2D eigenvalue weighted by atomic mass is 10.1. The second-order valence-electron chi connectivity index (χ2n) is 5.25. The second-order valence-corrected chi connectivity index (χ2v) is 6.24. The molecule has 0 unspecified atom stereocenters. The van der Waals surface area contributed by atoms with E-state index in [1.165, 1.54) is 7.11 Å². The Labute approximate surface area is 122 Å². The Morgan fingerprint density at radius 1 is 1.40 bits per heavy atom. The molecule has 1 saturated carbocycles. The molecule has 0 aromatic heterocycles. The van der Waals surface area contributed by atoms with E-state index in [0.717, 1.165) is 29.9 Å². The highest BCUT2D eigenvalue weighted by Crippen LogP contribution is 2.51. The standard InChI is InChI=1S/C15H18O4S/c1-19-13(16)8-15(5-6-15)10-20-9-11-3-2-4-12(7-11)14(17)18/h2-4,7H,5-6,8-10H2,1H3,(H,17,18). The molecular weight excluding hydrogens is 276 g/mol. The van der Waals surface area contributed by atoms with Gasteiger partial charge in [0.15, 0.2) is 0 Å². The van der Waals surface area contributed by atoms with Crippen molar-refractivity contribution in [3.8, 4) is 0 Å². The van der Waals surface area contributed by atoms with Gasteiger partial charge < -0.3 is 9.84 Å². The largest absolute Gasteiger partial charge is 0.478 e. The lowest BCUT2D eigenvalue weighted by Gasteiger charge is -2.13. The van der Waals surface area contributed by atoms with Crippen molar-refractivity contribution in [2.45, 2.75) is 25.0 Å². The zero-order chi connectivity index (χ0) is 14.6. The molecular formula is C15H18O4S. The van der Waals surface area contributed by atoms with Gasteiger partial charge in [-0.2, -0.15) is 11.8 Å². The van der Waals surface area contributed by atoms with E-state index in [1.807, 2.05) is 6.07 Å². The van der Waals surface area contributed by atoms with Crippen LogP contribution in [0.5, 0.6) is 0 Å². The highest BCUT2D eigenvalue weighted by molar-refractivity contribution is 7.98. The normalized spacial score (nSPS) is 15.7. The molecule has 0 radical (unpaired) electrons. The molecule has 20 heavy (non-hydrogen) atoms. The van der Waals surface area contributed by atoms with Gasteiger partial charge in [-0.1, -0.05) is 12.1 Å². The molecule has 1 N–H and O–H groups in total. The van der Waals surface area contributed by atoms with Gasteiger partial charge >= 0.3 is 11.9 Å². The Kier molecular flexibility index (Phi) is 4.70. The third-order valence-corrected chi connectivity index (χ3v) is 4.91. The molecule has 0 atom stereocenters. The quantitative estimate of drug-likeness (QED) is 0.783. The fourth-order valence-electron chi connectivity index (χ4n) is 2.11. The van der Waals surface area contributed by atoms with Crippen LogP contribution in [0, 0.1) is 5.41 Å². The first-order valence-corrected chi connectivity index (χ1v) is 7.67. The highest BCUT2D eigenvalue weighted by atomic mass is 32.2. The average molecular weight is 294 g/mol. The van der Waals surface area contributed by atoms with Gasteiger partial charge in [0.2, 0.25) is 0 Å². The number of thioether (sulfide) groups is 1. The van der Waals surface area contributed by atoms with E-state index in [9.17, 15) is 9.59 Å². The number of esters is 1. The first kappa shape index (κ1) is 14.9. The Balaban J connectivity index is 1.83. The van der Waals surface area contributed by atoms with E-state index >= 15 is 0 Å². The molecule has 0 amide bonds. The highest BCUT2D eigenvalue weighted by Gasteiger charge is 2.44. The van der Waals surface area contributed by atoms with E-state index in [4.69, 9.17) is 9.84 Å². The van der Waals surface area contributed by atoms with Crippen molar-refractivity contribution in [2.75, 3.05) is 12.9 Å². The fraction of sp³-hybridized carbons (Fsp3) is 0.467. The summed E-state index contributed by atoms with van der Waals surface area (Å²) in [6, 6.07) is 6.99. The summed E-state index contributed by atoms with van der Waals surface area (Å²) in [7, 11) is 1.42. The number of rotatable bonds is 7. The predicted molar refractivity (Wildman–Crippen MR) is 77.9 cm³/mol. The Morgan fingerprint density at radius 2 is 2.15 bits per heavy atom. The number of carbonyl (C=O) groups is 2. The summed E-state index contributed by atoms with van der Waals surface area (Å²) in [6.45, 7) is 0. The Hall–Kier alpha value is -1.49. The topological polar surface area (TPSA) is 63.6 Å². The molecule has 1 aromatic rings. The van der Waals surface area contributed by atoms with Crippen LogP contribution in [0.4, 0.5) is 0 Å². The number of carboxylic acids is 1. The number of benzene rings is 1. The lowest BCUT2D eigenvalue weighted by Crippen LogP contribution is -2.13. The Bertz CT molecular complexity index is 508. The second kappa shape index (κ2) is 6.31. The third-order valence-electron chi connectivity index (χ3n) is 3.56. The van der Waals surface area contributed by atoms with Crippen LogP contribution in [0.15, 0.2) is 24.3 Å². The summed E-state index contributed by atoms with van der Waals surface area (Å²) in [5, 5.41) is 8.94. The van der Waals surface area contributed by atoms with Crippen molar-refractivity contribution >= 4 is 23.7 Å². The van der Waals surface area contributed by atoms with Gasteiger partial charge in [-0.3, -0.25) is 4.79 Å². The van der Waals surface area contributed by atoms with Crippen molar-refractivity contribution in [3.05, 3.63) is 35.4 Å². The SMILES string of the molecule is COC(=O)CC1(CSCc2cccc(C(=O)O)c2)CC1. The maximum absolute atomic E-state index is 11.3. The van der Waals surface area contributed by atoms with Crippen LogP contribution in [-0.4, -0.2) is 29.9 Å². The average Bonchev–Trinajstić information content (AvgIpc) is 3.18. The van der Waals surface area contributed by atoms with Crippen molar-refractivity contribution in [1.29, 1.82) is 0 Å². The van der Waals surface area contributed by atoms with Gasteiger partial charge in [0.05, 0.1) is 19.1 Å².